The largest absolute Gasteiger partial charge is 0.344 e. The standard InChI is InChI=1S/C24H27FN2O/c1-5-22-16(2)23(24(28)26-17(3)20-9-7-6-8-10-20)27(18(22)4)15-19-11-13-21(25)14-12-19/h6-14,17H,5,15H2,1-4H3,(H,26,28). The molecule has 1 atom stereocenters. The summed E-state index contributed by atoms with van der Waals surface area (Å²) in [5, 5.41) is 3.13. The Morgan fingerprint density at radius 1 is 1.07 bits per heavy atom. The molecule has 3 aromatic rings. The number of carbonyl (C=O) groups is 1. The van der Waals surface area contributed by atoms with Crippen molar-refractivity contribution in [3.63, 3.8) is 0 Å². The molecule has 28 heavy (non-hydrogen) atoms. The van der Waals surface area contributed by atoms with Gasteiger partial charge in [0.25, 0.3) is 5.91 Å². The zero-order valence-corrected chi connectivity index (χ0v) is 16.9. The Labute approximate surface area is 166 Å². The van der Waals surface area contributed by atoms with Crippen molar-refractivity contribution in [3.8, 4) is 0 Å². The molecule has 4 heteroatoms. The molecule has 1 amide bonds. The number of rotatable bonds is 6. The smallest absolute Gasteiger partial charge is 0.268 e. The third-order valence-corrected chi connectivity index (χ3v) is 5.39. The molecule has 0 spiro atoms. The van der Waals surface area contributed by atoms with Crippen LogP contribution < -0.4 is 5.32 Å². The summed E-state index contributed by atoms with van der Waals surface area (Å²) in [6.07, 6.45) is 0.864. The third-order valence-electron chi connectivity index (χ3n) is 5.39. The van der Waals surface area contributed by atoms with Gasteiger partial charge in [-0.3, -0.25) is 4.79 Å². The molecular weight excluding hydrogens is 351 g/mol. The number of aromatic nitrogens is 1. The van der Waals surface area contributed by atoms with Crippen LogP contribution in [0.3, 0.4) is 0 Å². The van der Waals surface area contributed by atoms with E-state index in [4.69, 9.17) is 0 Å². The van der Waals surface area contributed by atoms with Crippen LogP contribution in [0.4, 0.5) is 4.39 Å². The van der Waals surface area contributed by atoms with Gasteiger partial charge in [-0.2, -0.15) is 0 Å². The van der Waals surface area contributed by atoms with Crippen LogP contribution in [0.1, 0.15) is 58.3 Å². The summed E-state index contributed by atoms with van der Waals surface area (Å²) in [6.45, 7) is 8.69. The Hall–Kier alpha value is -2.88. The Bertz CT molecular complexity index is 959. The van der Waals surface area contributed by atoms with Crippen molar-refractivity contribution in [3.05, 3.63) is 94.1 Å². The number of carbonyl (C=O) groups excluding carboxylic acids is 1. The first-order chi connectivity index (χ1) is 13.4. The van der Waals surface area contributed by atoms with Gasteiger partial charge in [-0.05, 0) is 61.6 Å². The molecule has 1 aromatic heterocycles. The van der Waals surface area contributed by atoms with E-state index in [0.717, 1.165) is 28.8 Å². The first-order valence-electron chi connectivity index (χ1n) is 9.71. The number of nitrogens with zero attached hydrogens (tertiary/aromatic N) is 1. The lowest BCUT2D eigenvalue weighted by molar-refractivity contribution is 0.0930. The minimum Gasteiger partial charge on any atom is -0.344 e. The molecule has 2 aromatic carbocycles. The third kappa shape index (κ3) is 4.01. The van der Waals surface area contributed by atoms with E-state index in [1.807, 2.05) is 51.1 Å². The number of nitrogens with one attached hydrogen (secondary N) is 1. The number of hydrogen-bond acceptors (Lipinski definition) is 1. The average molecular weight is 378 g/mol. The van der Waals surface area contributed by atoms with Gasteiger partial charge in [0.2, 0.25) is 0 Å². The Morgan fingerprint density at radius 3 is 2.32 bits per heavy atom. The van der Waals surface area contributed by atoms with Gasteiger partial charge in [0.15, 0.2) is 0 Å². The zero-order chi connectivity index (χ0) is 20.3. The van der Waals surface area contributed by atoms with E-state index in [-0.39, 0.29) is 17.8 Å². The fourth-order valence-electron chi connectivity index (χ4n) is 3.82. The second-order valence-corrected chi connectivity index (χ2v) is 7.21. The lowest BCUT2D eigenvalue weighted by Crippen LogP contribution is -2.29. The van der Waals surface area contributed by atoms with Gasteiger partial charge >= 0.3 is 0 Å². The van der Waals surface area contributed by atoms with E-state index < -0.39 is 0 Å². The number of hydrogen-bond donors (Lipinski definition) is 1. The van der Waals surface area contributed by atoms with Gasteiger partial charge < -0.3 is 9.88 Å². The maximum Gasteiger partial charge on any atom is 0.268 e. The predicted octanol–water partition coefficient (Wildman–Crippen LogP) is 5.35. The number of halogens is 1. The van der Waals surface area contributed by atoms with Gasteiger partial charge in [-0.1, -0.05) is 49.4 Å². The molecule has 3 rings (SSSR count). The normalized spacial score (nSPS) is 12.0. The van der Waals surface area contributed by atoms with E-state index in [1.54, 1.807) is 12.1 Å². The van der Waals surface area contributed by atoms with Crippen molar-refractivity contribution >= 4 is 5.91 Å². The topological polar surface area (TPSA) is 34.0 Å². The van der Waals surface area contributed by atoms with E-state index in [0.29, 0.717) is 12.2 Å². The van der Waals surface area contributed by atoms with Crippen LogP contribution in [-0.4, -0.2) is 10.5 Å². The highest BCUT2D eigenvalue weighted by molar-refractivity contribution is 5.95. The van der Waals surface area contributed by atoms with Crippen LogP contribution in [0, 0.1) is 19.7 Å². The van der Waals surface area contributed by atoms with Crippen molar-refractivity contribution in [2.45, 2.75) is 46.7 Å². The molecule has 0 fully saturated rings. The highest BCUT2D eigenvalue weighted by atomic mass is 19.1. The first kappa shape index (κ1) is 19.9. The number of amides is 1. The fraction of sp³-hybridized carbons (Fsp3) is 0.292. The van der Waals surface area contributed by atoms with Gasteiger partial charge in [0.1, 0.15) is 11.5 Å². The van der Waals surface area contributed by atoms with Crippen molar-refractivity contribution in [1.29, 1.82) is 0 Å². The monoisotopic (exact) mass is 378 g/mol. The maximum absolute atomic E-state index is 13.3. The Kier molecular flexibility index (Phi) is 5.98. The second kappa shape index (κ2) is 8.42. The molecule has 146 valence electrons. The molecule has 0 radical (unpaired) electrons. The fourth-order valence-corrected chi connectivity index (χ4v) is 3.82. The molecule has 3 nitrogen and oxygen atoms in total. The molecule has 1 heterocycles. The van der Waals surface area contributed by atoms with Crippen molar-refractivity contribution in [2.75, 3.05) is 0 Å². The molecule has 0 bridgehead atoms. The Morgan fingerprint density at radius 2 is 1.71 bits per heavy atom. The van der Waals surface area contributed by atoms with Crippen LogP contribution in [0.15, 0.2) is 54.6 Å². The molecule has 0 aliphatic rings. The van der Waals surface area contributed by atoms with Crippen LogP contribution in [0.25, 0.3) is 0 Å². The van der Waals surface area contributed by atoms with Crippen LogP contribution in [0.2, 0.25) is 0 Å². The summed E-state index contributed by atoms with van der Waals surface area (Å²) >= 11 is 0. The van der Waals surface area contributed by atoms with Gasteiger partial charge in [-0.25, -0.2) is 4.39 Å². The molecular formula is C24H27FN2O. The van der Waals surface area contributed by atoms with Crippen LogP contribution in [-0.2, 0) is 13.0 Å². The van der Waals surface area contributed by atoms with Crippen LogP contribution >= 0.6 is 0 Å². The lowest BCUT2D eigenvalue weighted by Gasteiger charge is -2.17. The highest BCUT2D eigenvalue weighted by Gasteiger charge is 2.23. The molecule has 1 unspecified atom stereocenters. The summed E-state index contributed by atoms with van der Waals surface area (Å²) in [5.41, 5.74) is 6.01. The summed E-state index contributed by atoms with van der Waals surface area (Å²) in [7, 11) is 0. The summed E-state index contributed by atoms with van der Waals surface area (Å²) in [4.78, 5) is 13.2. The second-order valence-electron chi connectivity index (χ2n) is 7.21. The van der Waals surface area contributed by atoms with E-state index >= 15 is 0 Å². The van der Waals surface area contributed by atoms with Crippen molar-refractivity contribution in [1.82, 2.24) is 9.88 Å². The molecule has 0 aliphatic carbocycles. The molecule has 0 aliphatic heterocycles. The minimum atomic E-state index is -0.256. The highest BCUT2D eigenvalue weighted by Crippen LogP contribution is 2.25. The minimum absolute atomic E-state index is 0.0845. The SMILES string of the molecule is CCc1c(C)c(C(=O)NC(C)c2ccccc2)n(Cc2ccc(F)cc2)c1C. The molecule has 1 N–H and O–H groups in total. The van der Waals surface area contributed by atoms with Crippen LogP contribution in [0.5, 0.6) is 0 Å². The zero-order valence-electron chi connectivity index (χ0n) is 16.9. The van der Waals surface area contributed by atoms with Gasteiger partial charge in [-0.15, -0.1) is 0 Å². The van der Waals surface area contributed by atoms with Crippen molar-refractivity contribution < 1.29 is 9.18 Å². The predicted molar refractivity (Wildman–Crippen MR) is 111 cm³/mol. The van der Waals surface area contributed by atoms with Crippen molar-refractivity contribution in [2.24, 2.45) is 0 Å². The Balaban J connectivity index is 1.94. The maximum atomic E-state index is 13.3. The van der Waals surface area contributed by atoms with Gasteiger partial charge in [0.05, 0.1) is 6.04 Å². The molecule has 0 saturated heterocycles. The van der Waals surface area contributed by atoms with E-state index in [2.05, 4.69) is 16.8 Å². The molecule has 0 saturated carbocycles. The summed E-state index contributed by atoms with van der Waals surface area (Å²) < 4.78 is 15.3. The van der Waals surface area contributed by atoms with E-state index in [9.17, 15) is 9.18 Å². The first-order valence-corrected chi connectivity index (χ1v) is 9.71. The quantitative estimate of drug-likeness (QED) is 0.617. The summed E-state index contributed by atoms with van der Waals surface area (Å²) in [5.74, 6) is -0.341. The summed E-state index contributed by atoms with van der Waals surface area (Å²) in [6, 6.07) is 16.3. The van der Waals surface area contributed by atoms with Gasteiger partial charge in [0, 0.05) is 12.2 Å². The lowest BCUT2D eigenvalue weighted by atomic mass is 10.1. The number of benzene rings is 2. The van der Waals surface area contributed by atoms with E-state index in [1.165, 1.54) is 17.7 Å². The average Bonchev–Trinajstić information content (AvgIpc) is 2.93.